The Morgan fingerprint density at radius 1 is 1.20 bits per heavy atom. The molecule has 0 saturated carbocycles. The van der Waals surface area contributed by atoms with Crippen molar-refractivity contribution in [3.05, 3.63) is 48.0 Å². The zero-order valence-electron chi connectivity index (χ0n) is 11.4. The van der Waals surface area contributed by atoms with Crippen LogP contribution < -0.4 is 15.8 Å². The van der Waals surface area contributed by atoms with Crippen LogP contribution in [0.15, 0.2) is 42.5 Å². The standard InChI is InChI=1S/C16H17N3O/c1-2-9-20-15-6-4-14(5-7-15)19-16-8-3-13(18)10-12(16)11-17/h3-8,10,19H,2,9,18H2,1H3. The number of nitrogens with zero attached hydrogens (tertiary/aromatic N) is 1. The summed E-state index contributed by atoms with van der Waals surface area (Å²) in [6.45, 7) is 2.78. The molecule has 0 bridgehead atoms. The number of hydrogen-bond donors (Lipinski definition) is 2. The van der Waals surface area contributed by atoms with Gasteiger partial charge in [0.1, 0.15) is 11.8 Å². The Morgan fingerprint density at radius 2 is 1.95 bits per heavy atom. The largest absolute Gasteiger partial charge is 0.494 e. The monoisotopic (exact) mass is 267 g/mol. The lowest BCUT2D eigenvalue weighted by molar-refractivity contribution is 0.317. The van der Waals surface area contributed by atoms with Gasteiger partial charge in [0.05, 0.1) is 17.9 Å². The van der Waals surface area contributed by atoms with Crippen LogP contribution in [0.25, 0.3) is 0 Å². The van der Waals surface area contributed by atoms with Gasteiger partial charge < -0.3 is 15.8 Å². The quantitative estimate of drug-likeness (QED) is 0.811. The van der Waals surface area contributed by atoms with Gasteiger partial charge in [-0.3, -0.25) is 0 Å². The smallest absolute Gasteiger partial charge is 0.119 e. The van der Waals surface area contributed by atoms with Gasteiger partial charge in [0.2, 0.25) is 0 Å². The minimum Gasteiger partial charge on any atom is -0.494 e. The molecule has 0 heterocycles. The normalized spacial score (nSPS) is 9.80. The molecule has 0 saturated heterocycles. The number of nitrogens with two attached hydrogens (primary N) is 1. The van der Waals surface area contributed by atoms with Gasteiger partial charge in [0.25, 0.3) is 0 Å². The van der Waals surface area contributed by atoms with Crippen molar-refractivity contribution in [3.8, 4) is 11.8 Å². The molecule has 3 N–H and O–H groups in total. The molecule has 0 aliphatic rings. The van der Waals surface area contributed by atoms with E-state index in [9.17, 15) is 0 Å². The Hall–Kier alpha value is -2.67. The fourth-order valence-corrected chi connectivity index (χ4v) is 1.77. The minimum atomic E-state index is 0.524. The van der Waals surface area contributed by atoms with Crippen LogP contribution in [0.2, 0.25) is 0 Å². The molecular weight excluding hydrogens is 250 g/mol. The van der Waals surface area contributed by atoms with E-state index in [1.54, 1.807) is 18.2 Å². The lowest BCUT2D eigenvalue weighted by Gasteiger charge is -2.10. The van der Waals surface area contributed by atoms with Gasteiger partial charge in [-0.05, 0) is 48.9 Å². The van der Waals surface area contributed by atoms with Crippen LogP contribution in [0.4, 0.5) is 17.1 Å². The van der Waals surface area contributed by atoms with Gasteiger partial charge in [-0.2, -0.15) is 5.26 Å². The lowest BCUT2D eigenvalue weighted by atomic mass is 10.1. The number of hydrogen-bond acceptors (Lipinski definition) is 4. The highest BCUT2D eigenvalue weighted by Crippen LogP contribution is 2.24. The van der Waals surface area contributed by atoms with Gasteiger partial charge in [-0.15, -0.1) is 0 Å². The van der Waals surface area contributed by atoms with Crippen LogP contribution in [-0.4, -0.2) is 6.61 Å². The number of nitrogen functional groups attached to an aromatic ring is 1. The average molecular weight is 267 g/mol. The average Bonchev–Trinajstić information content (AvgIpc) is 2.48. The number of nitriles is 1. The van der Waals surface area contributed by atoms with Gasteiger partial charge in [0.15, 0.2) is 0 Å². The maximum Gasteiger partial charge on any atom is 0.119 e. The molecule has 102 valence electrons. The van der Waals surface area contributed by atoms with E-state index >= 15 is 0 Å². The van der Waals surface area contributed by atoms with Crippen molar-refractivity contribution in [1.82, 2.24) is 0 Å². The highest BCUT2D eigenvalue weighted by atomic mass is 16.5. The number of anilines is 3. The summed E-state index contributed by atoms with van der Waals surface area (Å²) in [7, 11) is 0. The summed E-state index contributed by atoms with van der Waals surface area (Å²) in [5.74, 6) is 0.843. The molecule has 0 aromatic heterocycles. The highest BCUT2D eigenvalue weighted by Gasteiger charge is 2.03. The molecule has 0 amide bonds. The maximum atomic E-state index is 9.10. The van der Waals surface area contributed by atoms with Crippen molar-refractivity contribution >= 4 is 17.1 Å². The van der Waals surface area contributed by atoms with Gasteiger partial charge in [-0.25, -0.2) is 0 Å². The topological polar surface area (TPSA) is 71.1 Å². The Morgan fingerprint density at radius 3 is 2.60 bits per heavy atom. The molecule has 0 unspecified atom stereocenters. The summed E-state index contributed by atoms with van der Waals surface area (Å²) in [6, 6.07) is 15.0. The van der Waals surface area contributed by atoms with Gasteiger partial charge in [0, 0.05) is 11.4 Å². The Bertz CT molecular complexity index is 615. The van der Waals surface area contributed by atoms with Crippen LogP contribution in [0.1, 0.15) is 18.9 Å². The Kier molecular flexibility index (Phi) is 4.46. The van der Waals surface area contributed by atoms with Gasteiger partial charge >= 0.3 is 0 Å². The fraction of sp³-hybridized carbons (Fsp3) is 0.188. The third-order valence-electron chi connectivity index (χ3n) is 2.77. The molecule has 0 atom stereocenters. The summed E-state index contributed by atoms with van der Waals surface area (Å²) in [6.07, 6.45) is 0.983. The second-order valence-electron chi connectivity index (χ2n) is 4.41. The first-order chi connectivity index (χ1) is 9.72. The first kappa shape index (κ1) is 13.8. The molecule has 0 spiro atoms. The first-order valence-corrected chi connectivity index (χ1v) is 6.52. The highest BCUT2D eigenvalue weighted by molar-refractivity contribution is 5.69. The molecule has 20 heavy (non-hydrogen) atoms. The van der Waals surface area contributed by atoms with Crippen LogP contribution in [0, 0.1) is 11.3 Å². The van der Waals surface area contributed by atoms with Crippen molar-refractivity contribution in [2.45, 2.75) is 13.3 Å². The lowest BCUT2D eigenvalue weighted by Crippen LogP contribution is -1.97. The van der Waals surface area contributed by atoms with Crippen LogP contribution in [-0.2, 0) is 0 Å². The van der Waals surface area contributed by atoms with E-state index in [-0.39, 0.29) is 0 Å². The van der Waals surface area contributed by atoms with E-state index in [4.69, 9.17) is 15.7 Å². The summed E-state index contributed by atoms with van der Waals surface area (Å²) in [5.41, 5.74) is 8.41. The number of rotatable bonds is 5. The number of nitrogens with one attached hydrogen (secondary N) is 1. The second-order valence-corrected chi connectivity index (χ2v) is 4.41. The Labute approximate surface area is 118 Å². The van der Waals surface area contributed by atoms with Crippen molar-refractivity contribution in [2.24, 2.45) is 0 Å². The molecule has 2 aromatic carbocycles. The zero-order valence-corrected chi connectivity index (χ0v) is 11.4. The van der Waals surface area contributed by atoms with Crippen molar-refractivity contribution < 1.29 is 4.74 Å². The second kappa shape index (κ2) is 6.48. The number of benzene rings is 2. The molecule has 0 aliphatic carbocycles. The van der Waals surface area contributed by atoms with Crippen molar-refractivity contribution in [2.75, 3.05) is 17.7 Å². The van der Waals surface area contributed by atoms with E-state index in [1.807, 2.05) is 24.3 Å². The van der Waals surface area contributed by atoms with Crippen LogP contribution in [0.5, 0.6) is 5.75 Å². The minimum absolute atomic E-state index is 0.524. The molecule has 0 aliphatic heterocycles. The van der Waals surface area contributed by atoms with Crippen molar-refractivity contribution in [3.63, 3.8) is 0 Å². The summed E-state index contributed by atoms with van der Waals surface area (Å²) >= 11 is 0. The first-order valence-electron chi connectivity index (χ1n) is 6.52. The predicted molar refractivity (Wildman–Crippen MR) is 81.1 cm³/mol. The third kappa shape index (κ3) is 3.42. The summed E-state index contributed by atoms with van der Waals surface area (Å²) in [4.78, 5) is 0. The van der Waals surface area contributed by atoms with E-state index < -0.39 is 0 Å². The predicted octanol–water partition coefficient (Wildman–Crippen LogP) is 3.67. The third-order valence-corrected chi connectivity index (χ3v) is 2.77. The summed E-state index contributed by atoms with van der Waals surface area (Å²) < 4.78 is 5.52. The molecule has 4 heteroatoms. The fourth-order valence-electron chi connectivity index (χ4n) is 1.77. The molecule has 0 fully saturated rings. The van der Waals surface area contributed by atoms with Crippen LogP contribution >= 0.6 is 0 Å². The SMILES string of the molecule is CCCOc1ccc(Nc2ccc(N)cc2C#N)cc1. The molecule has 2 aromatic rings. The number of ether oxygens (including phenoxy) is 1. The molecule has 4 nitrogen and oxygen atoms in total. The van der Waals surface area contributed by atoms with Gasteiger partial charge in [-0.1, -0.05) is 6.92 Å². The molecule has 2 rings (SSSR count). The van der Waals surface area contributed by atoms with E-state index in [2.05, 4.69) is 18.3 Å². The Balaban J connectivity index is 2.12. The maximum absolute atomic E-state index is 9.10. The van der Waals surface area contributed by atoms with E-state index in [0.717, 1.165) is 23.5 Å². The zero-order chi connectivity index (χ0) is 14.4. The van der Waals surface area contributed by atoms with E-state index in [1.165, 1.54) is 0 Å². The molecule has 0 radical (unpaired) electrons. The van der Waals surface area contributed by atoms with E-state index in [0.29, 0.717) is 17.9 Å². The molecular formula is C16H17N3O. The summed E-state index contributed by atoms with van der Waals surface area (Å²) in [5, 5.41) is 12.3. The van der Waals surface area contributed by atoms with Crippen molar-refractivity contribution in [1.29, 1.82) is 5.26 Å². The van der Waals surface area contributed by atoms with Crippen LogP contribution in [0.3, 0.4) is 0 Å².